The van der Waals surface area contributed by atoms with Gasteiger partial charge < -0.3 is 35.0 Å². The molecule has 3 aromatic heterocycles. The lowest BCUT2D eigenvalue weighted by atomic mass is 9.85. The fourth-order valence-corrected chi connectivity index (χ4v) is 12.8. The maximum atomic E-state index is 14.4. The molecule has 18 heteroatoms. The van der Waals surface area contributed by atoms with E-state index in [1.807, 2.05) is 196 Å². The minimum absolute atomic E-state index is 0.0193. The molecule has 4 N–H and O–H groups in total. The zero-order valence-corrected chi connectivity index (χ0v) is 52.0. The second kappa shape index (κ2) is 25.3. The standard InChI is InChI=1S/C68H74N8O8S2/c1-39(21-32-58(78)73-61(67(5,6)7)64(81)76-36-47(77)35-54(76)63(80)70-41(3)44-22-24-46(25-23-44)60-42(4)69-38-85-60)43-26-28-48(29-27-43)83-55-19-14-16-49(40(55)2)50-30-31-57(72-59(50)65(82)84-68(8,9)10)75-34-33-45-15-13-17-51(52(45)37-75)62(79)74-66-71-53-18-11-12-20-56(53)86-66/h11-20,22-31,38-39,41,47,54,61,77H,21,32-37H2,1-10H3,(H,70,80)(H,73,78)(H,71,74,79)/t39-,41+,47-,54+,61-/m1/s1. The van der Waals surface area contributed by atoms with E-state index in [9.17, 15) is 29.1 Å². The van der Waals surface area contributed by atoms with Crippen LogP contribution < -0.4 is 25.6 Å². The summed E-state index contributed by atoms with van der Waals surface area (Å²) in [6.07, 6.45) is 0.515. The van der Waals surface area contributed by atoms with Gasteiger partial charge in [0.2, 0.25) is 17.7 Å². The summed E-state index contributed by atoms with van der Waals surface area (Å²) >= 11 is 3.00. The number of amides is 4. The minimum Gasteiger partial charge on any atom is -0.457 e. The van der Waals surface area contributed by atoms with Crippen molar-refractivity contribution in [3.8, 4) is 33.1 Å². The number of hydrogen-bond acceptors (Lipinski definition) is 14. The van der Waals surface area contributed by atoms with E-state index in [1.165, 1.54) is 16.2 Å². The molecule has 10 rings (SSSR count). The SMILES string of the molecule is Cc1ncsc1-c1ccc([C@H](C)NC(=O)[C@@H]2C[C@@H](O)CN2C(=O)[C@@H](NC(=O)CC[C@@H](C)c2ccc(Oc3cccc(-c4ccc(N5CCc6cccc(C(=O)Nc7nc8ccccc8s7)c6C5)nc4C(=O)OC(C)(C)C)c3C)cc2)C(C)(C)C)cc1. The Hall–Kier alpha value is -8.32. The number of hydrogen-bond donors (Lipinski definition) is 4. The number of carbonyl (C=O) groups excluding carboxylic acids is 5. The molecule has 1 saturated heterocycles. The lowest BCUT2D eigenvalue weighted by molar-refractivity contribution is -0.144. The Morgan fingerprint density at radius 3 is 2.24 bits per heavy atom. The van der Waals surface area contributed by atoms with Gasteiger partial charge in [0.15, 0.2) is 10.8 Å². The number of benzene rings is 5. The van der Waals surface area contributed by atoms with Crippen molar-refractivity contribution >= 4 is 73.4 Å². The summed E-state index contributed by atoms with van der Waals surface area (Å²) in [5.74, 6) is -0.154. The summed E-state index contributed by atoms with van der Waals surface area (Å²) in [7, 11) is 0. The molecule has 0 bridgehead atoms. The van der Waals surface area contributed by atoms with Crippen LogP contribution in [0.15, 0.2) is 127 Å². The van der Waals surface area contributed by atoms with Crippen molar-refractivity contribution in [2.45, 2.75) is 137 Å². The number of para-hydroxylation sites is 1. The highest BCUT2D eigenvalue weighted by Crippen LogP contribution is 2.38. The number of carbonyl (C=O) groups is 5. The van der Waals surface area contributed by atoms with E-state index in [0.717, 1.165) is 59.7 Å². The number of nitrogens with zero attached hydrogens (tertiary/aromatic N) is 5. The van der Waals surface area contributed by atoms with Crippen LogP contribution in [0.4, 0.5) is 10.9 Å². The van der Waals surface area contributed by atoms with E-state index < -0.39 is 41.1 Å². The fourth-order valence-electron chi connectivity index (χ4n) is 11.2. The maximum absolute atomic E-state index is 14.4. The topological polar surface area (TPSA) is 205 Å². The zero-order chi connectivity index (χ0) is 61.2. The first-order valence-electron chi connectivity index (χ1n) is 29.2. The highest BCUT2D eigenvalue weighted by molar-refractivity contribution is 7.22. The van der Waals surface area contributed by atoms with E-state index in [1.54, 1.807) is 11.3 Å². The number of thiazole rings is 2. The van der Waals surface area contributed by atoms with Crippen molar-refractivity contribution in [2.24, 2.45) is 5.41 Å². The number of ether oxygens (including phenoxy) is 2. The van der Waals surface area contributed by atoms with Crippen molar-refractivity contribution in [1.29, 1.82) is 0 Å². The Morgan fingerprint density at radius 1 is 0.802 bits per heavy atom. The molecule has 0 spiro atoms. The van der Waals surface area contributed by atoms with Crippen LogP contribution in [0.5, 0.6) is 11.5 Å². The molecule has 1 fully saturated rings. The van der Waals surface area contributed by atoms with Crippen molar-refractivity contribution < 1.29 is 38.6 Å². The molecule has 5 aromatic carbocycles. The van der Waals surface area contributed by atoms with E-state index in [0.29, 0.717) is 59.5 Å². The molecule has 0 saturated carbocycles. The molecule has 0 unspecified atom stereocenters. The predicted octanol–water partition coefficient (Wildman–Crippen LogP) is 12.9. The Labute approximate surface area is 510 Å². The number of esters is 1. The van der Waals surface area contributed by atoms with E-state index in [4.69, 9.17) is 14.5 Å². The summed E-state index contributed by atoms with van der Waals surface area (Å²) in [5, 5.41) is 20.4. The highest BCUT2D eigenvalue weighted by atomic mass is 32.1. The van der Waals surface area contributed by atoms with Gasteiger partial charge in [-0.15, -0.1) is 11.3 Å². The Balaban J connectivity index is 0.774. The summed E-state index contributed by atoms with van der Waals surface area (Å²) in [4.78, 5) is 88.6. The number of fused-ring (bicyclic) bond motifs is 2. The second-order valence-corrected chi connectivity index (χ2v) is 26.4. The van der Waals surface area contributed by atoms with E-state index in [2.05, 4.69) is 30.8 Å². The minimum atomic E-state index is -0.948. The first-order valence-corrected chi connectivity index (χ1v) is 30.9. The third-order valence-electron chi connectivity index (χ3n) is 15.9. The Bertz CT molecular complexity index is 3790. The highest BCUT2D eigenvalue weighted by Gasteiger charge is 2.45. The number of anilines is 2. The molecule has 8 aromatic rings. The molecule has 16 nitrogen and oxygen atoms in total. The molecule has 446 valence electrons. The van der Waals surface area contributed by atoms with Crippen LogP contribution in [0.25, 0.3) is 31.8 Å². The number of nitrogens with one attached hydrogen (secondary N) is 3. The van der Waals surface area contributed by atoms with Crippen molar-refractivity contribution in [3.63, 3.8) is 0 Å². The van der Waals surface area contributed by atoms with Crippen molar-refractivity contribution in [1.82, 2.24) is 30.5 Å². The third-order valence-corrected chi connectivity index (χ3v) is 17.9. The summed E-state index contributed by atoms with van der Waals surface area (Å²) in [5.41, 5.74) is 9.83. The number of aliphatic hydroxyl groups is 1. The van der Waals surface area contributed by atoms with Crippen LogP contribution in [0.2, 0.25) is 0 Å². The van der Waals surface area contributed by atoms with Crippen LogP contribution in [-0.4, -0.2) is 91.4 Å². The number of likely N-dealkylation sites (tertiary alicyclic amines) is 1. The smallest absolute Gasteiger partial charge is 0.358 e. The monoisotopic (exact) mass is 1190 g/mol. The third kappa shape index (κ3) is 13.8. The van der Waals surface area contributed by atoms with E-state index in [-0.39, 0.29) is 54.8 Å². The summed E-state index contributed by atoms with van der Waals surface area (Å²) < 4.78 is 13.5. The van der Waals surface area contributed by atoms with Crippen LogP contribution in [-0.2, 0) is 32.1 Å². The number of rotatable bonds is 17. The lowest BCUT2D eigenvalue weighted by Gasteiger charge is -2.35. The average Bonchev–Trinajstić information content (AvgIpc) is 4.10. The predicted molar refractivity (Wildman–Crippen MR) is 339 cm³/mol. The van der Waals surface area contributed by atoms with Crippen molar-refractivity contribution in [3.05, 3.63) is 172 Å². The van der Waals surface area contributed by atoms with Crippen molar-refractivity contribution in [2.75, 3.05) is 23.3 Å². The maximum Gasteiger partial charge on any atom is 0.358 e. The first-order chi connectivity index (χ1) is 41.0. The Morgan fingerprint density at radius 2 is 1.53 bits per heavy atom. The molecule has 2 aliphatic heterocycles. The summed E-state index contributed by atoms with van der Waals surface area (Å²) in [6, 6.07) is 36.5. The number of aryl methyl sites for hydroxylation is 1. The molecule has 4 amide bonds. The molecule has 5 heterocycles. The van der Waals surface area contributed by atoms with Gasteiger partial charge >= 0.3 is 5.97 Å². The number of aromatic nitrogens is 3. The van der Waals surface area contributed by atoms with Gasteiger partial charge in [-0.25, -0.2) is 19.7 Å². The van der Waals surface area contributed by atoms with Crippen LogP contribution >= 0.6 is 22.7 Å². The molecular weight excluding hydrogens is 1120 g/mol. The molecule has 0 aliphatic carbocycles. The lowest BCUT2D eigenvalue weighted by Crippen LogP contribution is -2.57. The first kappa shape index (κ1) is 60.8. The Kier molecular flexibility index (Phi) is 17.9. The van der Waals surface area contributed by atoms with Gasteiger partial charge in [-0.3, -0.25) is 24.5 Å². The van der Waals surface area contributed by atoms with Gasteiger partial charge in [-0.2, -0.15) is 0 Å². The van der Waals surface area contributed by atoms with Gasteiger partial charge in [0, 0.05) is 43.6 Å². The second-order valence-electron chi connectivity index (χ2n) is 24.5. The van der Waals surface area contributed by atoms with Gasteiger partial charge in [0.05, 0.1) is 38.4 Å². The molecule has 2 aliphatic rings. The van der Waals surface area contributed by atoms with Gasteiger partial charge in [0.1, 0.15) is 35.0 Å². The van der Waals surface area contributed by atoms with E-state index >= 15 is 0 Å². The van der Waals surface area contributed by atoms with Gasteiger partial charge in [-0.05, 0) is 153 Å². The van der Waals surface area contributed by atoms with Crippen LogP contribution in [0, 0.1) is 19.3 Å². The largest absolute Gasteiger partial charge is 0.457 e. The molecule has 86 heavy (non-hydrogen) atoms. The number of β-amino-alcohol motifs (C(OH)–C–C–N with tert-alkyl or cyclic N) is 1. The van der Waals surface area contributed by atoms with Crippen LogP contribution in [0.3, 0.4) is 0 Å². The fraction of sp³-hybridized carbons (Fsp3) is 0.353. The van der Waals surface area contributed by atoms with Crippen LogP contribution in [0.1, 0.15) is 141 Å². The van der Waals surface area contributed by atoms with Gasteiger partial charge in [-0.1, -0.05) is 112 Å². The molecule has 5 atom stereocenters. The zero-order valence-electron chi connectivity index (χ0n) is 50.3. The summed E-state index contributed by atoms with van der Waals surface area (Å²) in [6.45, 7) is 19.9. The number of pyridine rings is 1. The number of aliphatic hydroxyl groups excluding tert-OH is 1. The van der Waals surface area contributed by atoms with Gasteiger partial charge in [0.25, 0.3) is 5.91 Å². The molecular formula is C68H74N8O8S2. The normalized spacial score (nSPS) is 16.2. The molecule has 0 radical (unpaired) electrons. The average molecular weight is 1200 g/mol. The quantitative estimate of drug-likeness (QED) is 0.0629.